The van der Waals surface area contributed by atoms with Crippen molar-refractivity contribution in [1.29, 1.82) is 0 Å². The minimum absolute atomic E-state index is 0.0121. The molecule has 0 aromatic carbocycles. The molecule has 2 N–H and O–H groups in total. The van der Waals surface area contributed by atoms with Gasteiger partial charge in [-0.3, -0.25) is 14.4 Å². The molecule has 0 fully saturated rings. The third kappa shape index (κ3) is 5.16. The first kappa shape index (κ1) is 16.4. The van der Waals surface area contributed by atoms with Crippen LogP contribution in [0.2, 0.25) is 0 Å². The van der Waals surface area contributed by atoms with Crippen LogP contribution in [0, 0.1) is 17.8 Å². The standard InChI is InChI=1S/C12H20O6/c1-4-8(12(17)18-3)6-9(11(15)16)5-7(2)10(13)14/h7-9H,4-6H2,1-3H3,(H,13,14)(H,15,16). The van der Waals surface area contributed by atoms with Gasteiger partial charge in [0, 0.05) is 0 Å². The molecule has 0 amide bonds. The molecule has 0 heterocycles. The van der Waals surface area contributed by atoms with Gasteiger partial charge in [0.2, 0.25) is 0 Å². The number of carboxylic acids is 2. The van der Waals surface area contributed by atoms with E-state index in [2.05, 4.69) is 4.74 Å². The Morgan fingerprint density at radius 3 is 1.94 bits per heavy atom. The summed E-state index contributed by atoms with van der Waals surface area (Å²) in [7, 11) is 1.25. The number of hydrogen-bond donors (Lipinski definition) is 2. The highest BCUT2D eigenvalue weighted by atomic mass is 16.5. The van der Waals surface area contributed by atoms with Crippen LogP contribution in [-0.2, 0) is 19.1 Å². The highest BCUT2D eigenvalue weighted by Crippen LogP contribution is 2.23. The van der Waals surface area contributed by atoms with E-state index in [0.29, 0.717) is 6.42 Å². The second-order valence-electron chi connectivity index (χ2n) is 4.37. The first-order valence-electron chi connectivity index (χ1n) is 5.86. The highest BCUT2D eigenvalue weighted by molar-refractivity contribution is 5.76. The van der Waals surface area contributed by atoms with Crippen molar-refractivity contribution in [2.45, 2.75) is 33.1 Å². The van der Waals surface area contributed by atoms with Crippen LogP contribution in [0.25, 0.3) is 0 Å². The molecule has 6 nitrogen and oxygen atoms in total. The highest BCUT2D eigenvalue weighted by Gasteiger charge is 2.29. The van der Waals surface area contributed by atoms with E-state index >= 15 is 0 Å². The minimum atomic E-state index is -1.08. The molecular formula is C12H20O6. The van der Waals surface area contributed by atoms with Crippen molar-refractivity contribution in [2.24, 2.45) is 17.8 Å². The van der Waals surface area contributed by atoms with E-state index in [0.717, 1.165) is 0 Å². The lowest BCUT2D eigenvalue weighted by Crippen LogP contribution is -2.26. The number of carboxylic acid groups (broad SMARTS) is 2. The zero-order valence-electron chi connectivity index (χ0n) is 10.9. The number of ether oxygens (including phenoxy) is 1. The summed E-state index contributed by atoms with van der Waals surface area (Å²) in [6, 6.07) is 0. The van der Waals surface area contributed by atoms with Crippen LogP contribution in [-0.4, -0.2) is 35.2 Å². The van der Waals surface area contributed by atoms with Crippen LogP contribution in [0.15, 0.2) is 0 Å². The molecule has 18 heavy (non-hydrogen) atoms. The maximum atomic E-state index is 11.4. The molecule has 0 radical (unpaired) electrons. The topological polar surface area (TPSA) is 101 Å². The van der Waals surface area contributed by atoms with E-state index < -0.39 is 35.7 Å². The Labute approximate surface area is 106 Å². The van der Waals surface area contributed by atoms with Crippen molar-refractivity contribution in [3.05, 3.63) is 0 Å². The molecule has 0 saturated heterocycles. The summed E-state index contributed by atoms with van der Waals surface area (Å²) in [5.74, 6) is -4.66. The van der Waals surface area contributed by atoms with Crippen molar-refractivity contribution in [2.75, 3.05) is 7.11 Å². The molecule has 0 saturated carbocycles. The van der Waals surface area contributed by atoms with Crippen LogP contribution in [0.5, 0.6) is 0 Å². The first-order valence-corrected chi connectivity index (χ1v) is 5.86. The smallest absolute Gasteiger partial charge is 0.308 e. The fourth-order valence-corrected chi connectivity index (χ4v) is 1.77. The van der Waals surface area contributed by atoms with E-state index in [1.807, 2.05) is 0 Å². The van der Waals surface area contributed by atoms with Crippen LogP contribution < -0.4 is 0 Å². The average Bonchev–Trinajstić information content (AvgIpc) is 2.32. The van der Waals surface area contributed by atoms with E-state index in [4.69, 9.17) is 10.2 Å². The Morgan fingerprint density at radius 2 is 1.61 bits per heavy atom. The molecule has 6 heteroatoms. The lowest BCUT2D eigenvalue weighted by molar-refractivity contribution is -0.149. The van der Waals surface area contributed by atoms with Gasteiger partial charge in [-0.15, -0.1) is 0 Å². The summed E-state index contributed by atoms with van der Waals surface area (Å²) in [4.78, 5) is 33.2. The zero-order chi connectivity index (χ0) is 14.3. The molecule has 0 aromatic heterocycles. The largest absolute Gasteiger partial charge is 0.481 e. The second-order valence-corrected chi connectivity index (χ2v) is 4.37. The van der Waals surface area contributed by atoms with Gasteiger partial charge in [0.05, 0.1) is 24.9 Å². The van der Waals surface area contributed by atoms with E-state index in [-0.39, 0.29) is 12.8 Å². The van der Waals surface area contributed by atoms with Crippen molar-refractivity contribution >= 4 is 17.9 Å². The molecule has 3 atom stereocenters. The summed E-state index contributed by atoms with van der Waals surface area (Å²) < 4.78 is 4.59. The van der Waals surface area contributed by atoms with Gasteiger partial charge in [0.25, 0.3) is 0 Å². The summed E-state index contributed by atoms with van der Waals surface area (Å²) >= 11 is 0. The minimum Gasteiger partial charge on any atom is -0.481 e. The summed E-state index contributed by atoms with van der Waals surface area (Å²) in [5.41, 5.74) is 0. The number of aliphatic carboxylic acids is 2. The number of carbonyl (C=O) groups excluding carboxylic acids is 1. The van der Waals surface area contributed by atoms with Crippen LogP contribution in [0.4, 0.5) is 0 Å². The molecule has 0 spiro atoms. The Morgan fingerprint density at radius 1 is 1.06 bits per heavy atom. The first-order chi connectivity index (χ1) is 8.33. The van der Waals surface area contributed by atoms with Crippen LogP contribution in [0.3, 0.4) is 0 Å². The van der Waals surface area contributed by atoms with Gasteiger partial charge in [-0.1, -0.05) is 13.8 Å². The third-order valence-electron chi connectivity index (χ3n) is 3.01. The van der Waals surface area contributed by atoms with Gasteiger partial charge in [0.15, 0.2) is 0 Å². The maximum absolute atomic E-state index is 11.4. The average molecular weight is 260 g/mol. The lowest BCUT2D eigenvalue weighted by atomic mass is 9.86. The van der Waals surface area contributed by atoms with Gasteiger partial charge >= 0.3 is 17.9 Å². The molecular weight excluding hydrogens is 240 g/mol. The number of esters is 1. The van der Waals surface area contributed by atoms with Gasteiger partial charge in [-0.25, -0.2) is 0 Å². The van der Waals surface area contributed by atoms with Crippen molar-refractivity contribution < 1.29 is 29.3 Å². The van der Waals surface area contributed by atoms with E-state index in [1.165, 1.54) is 14.0 Å². The SMILES string of the molecule is CCC(CC(CC(C)C(=O)O)C(=O)O)C(=O)OC. The number of methoxy groups -OCH3 is 1. The fourth-order valence-electron chi connectivity index (χ4n) is 1.77. The predicted molar refractivity (Wildman–Crippen MR) is 63.0 cm³/mol. The molecule has 0 aliphatic heterocycles. The fraction of sp³-hybridized carbons (Fsp3) is 0.750. The summed E-state index contributed by atoms with van der Waals surface area (Å²) in [6.45, 7) is 3.22. The normalized spacial score (nSPS) is 15.5. The molecule has 0 aliphatic rings. The van der Waals surface area contributed by atoms with Crippen LogP contribution >= 0.6 is 0 Å². The van der Waals surface area contributed by atoms with Gasteiger partial charge in [-0.05, 0) is 19.3 Å². The summed E-state index contributed by atoms with van der Waals surface area (Å²) in [6.07, 6.45) is 0.589. The molecule has 0 bridgehead atoms. The van der Waals surface area contributed by atoms with Gasteiger partial charge in [-0.2, -0.15) is 0 Å². The van der Waals surface area contributed by atoms with Gasteiger partial charge < -0.3 is 14.9 Å². The molecule has 0 aliphatic carbocycles. The van der Waals surface area contributed by atoms with Crippen molar-refractivity contribution in [3.63, 3.8) is 0 Å². The second kappa shape index (κ2) is 7.68. The zero-order valence-corrected chi connectivity index (χ0v) is 10.9. The Hall–Kier alpha value is -1.59. The number of hydrogen-bond acceptors (Lipinski definition) is 4. The summed E-state index contributed by atoms with van der Waals surface area (Å²) in [5, 5.41) is 17.8. The Bertz CT molecular complexity index is 312. The lowest BCUT2D eigenvalue weighted by Gasteiger charge is -2.19. The molecule has 0 rings (SSSR count). The van der Waals surface area contributed by atoms with E-state index in [9.17, 15) is 14.4 Å². The molecule has 3 unspecified atom stereocenters. The van der Waals surface area contributed by atoms with Crippen LogP contribution in [0.1, 0.15) is 33.1 Å². The van der Waals surface area contributed by atoms with Gasteiger partial charge in [0.1, 0.15) is 0 Å². The predicted octanol–water partition coefficient (Wildman–Crippen LogP) is 1.39. The quantitative estimate of drug-likeness (QED) is 0.639. The number of carbonyl (C=O) groups is 3. The monoisotopic (exact) mass is 260 g/mol. The third-order valence-corrected chi connectivity index (χ3v) is 3.01. The van der Waals surface area contributed by atoms with Crippen molar-refractivity contribution in [3.8, 4) is 0 Å². The molecule has 0 aromatic rings. The maximum Gasteiger partial charge on any atom is 0.308 e. The van der Waals surface area contributed by atoms with E-state index in [1.54, 1.807) is 6.92 Å². The molecule has 104 valence electrons. The number of rotatable bonds is 8. The Kier molecular flexibility index (Phi) is 7.00. The van der Waals surface area contributed by atoms with Crippen molar-refractivity contribution in [1.82, 2.24) is 0 Å². The Balaban J connectivity index is 4.66.